The fourth-order valence-electron chi connectivity index (χ4n) is 4.02. The molecule has 2 rings (SSSR count). The predicted molar refractivity (Wildman–Crippen MR) is 134 cm³/mol. The van der Waals surface area contributed by atoms with Gasteiger partial charge in [-0.3, -0.25) is 19.3 Å². The van der Waals surface area contributed by atoms with E-state index >= 15 is 0 Å². The second-order valence-electron chi connectivity index (χ2n) is 9.66. The molecule has 1 heterocycles. The molecule has 0 spiro atoms. The fraction of sp³-hybridized carbons (Fsp3) is 0.577. The van der Waals surface area contributed by atoms with Gasteiger partial charge >= 0.3 is 0 Å². The summed E-state index contributed by atoms with van der Waals surface area (Å²) in [5.41, 5.74) is 1.73. The monoisotopic (exact) mass is 472 g/mol. The van der Waals surface area contributed by atoms with Crippen molar-refractivity contribution < 1.29 is 19.1 Å². The highest BCUT2D eigenvalue weighted by atomic mass is 16.5. The molecule has 0 aromatic heterocycles. The van der Waals surface area contributed by atoms with Gasteiger partial charge in [-0.25, -0.2) is 0 Å². The SMILES string of the molecule is CC[C@H](C)[C@@H]1NC(=O)[C@@H](N(C)C)Cc2cc(ccc2OC)C=CNC(=O)[C@@H](CC(C)C)NC1=O. The predicted octanol–water partition coefficient (Wildman–Crippen LogP) is 2.33. The van der Waals surface area contributed by atoms with E-state index < -0.39 is 18.1 Å². The van der Waals surface area contributed by atoms with Gasteiger partial charge in [0, 0.05) is 12.6 Å². The number of amides is 3. The van der Waals surface area contributed by atoms with Crippen molar-refractivity contribution in [2.75, 3.05) is 21.2 Å². The number of likely N-dealkylation sites (N-methyl/N-ethyl adjacent to an activating group) is 1. The van der Waals surface area contributed by atoms with E-state index in [0.29, 0.717) is 25.0 Å². The number of hydrogen-bond donors (Lipinski definition) is 3. The van der Waals surface area contributed by atoms with Crippen molar-refractivity contribution in [3.63, 3.8) is 0 Å². The molecule has 0 unspecified atom stereocenters. The molecule has 1 aliphatic heterocycles. The van der Waals surface area contributed by atoms with Crippen LogP contribution in [0.15, 0.2) is 24.4 Å². The number of rotatable bonds is 6. The number of carbonyl (C=O) groups excluding carboxylic acids is 3. The number of carbonyl (C=O) groups is 3. The number of benzene rings is 1. The number of fused-ring (bicyclic) bond motifs is 2. The second-order valence-corrected chi connectivity index (χ2v) is 9.66. The molecule has 1 aromatic carbocycles. The Hall–Kier alpha value is -2.87. The molecule has 1 aromatic rings. The van der Waals surface area contributed by atoms with Gasteiger partial charge in [0.1, 0.15) is 17.8 Å². The summed E-state index contributed by atoms with van der Waals surface area (Å²) < 4.78 is 5.53. The molecule has 8 heteroatoms. The van der Waals surface area contributed by atoms with Crippen LogP contribution in [0.1, 0.15) is 51.7 Å². The normalized spacial score (nSPS) is 23.0. The molecule has 0 fully saturated rings. The lowest BCUT2D eigenvalue weighted by molar-refractivity contribution is -0.134. The van der Waals surface area contributed by atoms with Gasteiger partial charge in [-0.2, -0.15) is 0 Å². The van der Waals surface area contributed by atoms with E-state index in [9.17, 15) is 14.4 Å². The van der Waals surface area contributed by atoms with Crippen LogP contribution in [0.25, 0.3) is 6.08 Å². The van der Waals surface area contributed by atoms with Gasteiger partial charge < -0.3 is 20.7 Å². The summed E-state index contributed by atoms with van der Waals surface area (Å²) in [7, 11) is 5.28. The van der Waals surface area contributed by atoms with Crippen LogP contribution in [0.5, 0.6) is 5.75 Å². The van der Waals surface area contributed by atoms with Crippen LogP contribution in [-0.4, -0.2) is 62.0 Å². The zero-order valence-corrected chi connectivity index (χ0v) is 21.5. The summed E-state index contributed by atoms with van der Waals surface area (Å²) in [6, 6.07) is 3.72. The third-order valence-electron chi connectivity index (χ3n) is 6.28. The Morgan fingerprint density at radius 1 is 1.06 bits per heavy atom. The quantitative estimate of drug-likeness (QED) is 0.590. The summed E-state index contributed by atoms with van der Waals surface area (Å²) in [6.07, 6.45) is 4.97. The number of methoxy groups -OCH3 is 1. The Kier molecular flexibility index (Phi) is 10.1. The van der Waals surface area contributed by atoms with Gasteiger partial charge in [-0.1, -0.05) is 40.2 Å². The highest BCUT2D eigenvalue weighted by Crippen LogP contribution is 2.23. The topological polar surface area (TPSA) is 99.8 Å². The molecule has 8 nitrogen and oxygen atoms in total. The lowest BCUT2D eigenvalue weighted by Gasteiger charge is -2.30. The molecule has 4 atom stereocenters. The van der Waals surface area contributed by atoms with Crippen LogP contribution >= 0.6 is 0 Å². The Morgan fingerprint density at radius 3 is 2.35 bits per heavy atom. The van der Waals surface area contributed by atoms with E-state index in [1.807, 2.05) is 64.9 Å². The van der Waals surface area contributed by atoms with Gasteiger partial charge in [0.15, 0.2) is 0 Å². The van der Waals surface area contributed by atoms with Crippen LogP contribution < -0.4 is 20.7 Å². The Labute approximate surface area is 203 Å². The lowest BCUT2D eigenvalue weighted by Crippen LogP contribution is -2.58. The molecule has 0 radical (unpaired) electrons. The Morgan fingerprint density at radius 2 is 1.76 bits per heavy atom. The van der Waals surface area contributed by atoms with Crippen LogP contribution in [0, 0.1) is 11.8 Å². The zero-order valence-electron chi connectivity index (χ0n) is 21.5. The largest absolute Gasteiger partial charge is 0.496 e. The van der Waals surface area contributed by atoms with Crippen LogP contribution in [0.2, 0.25) is 0 Å². The number of hydrogen-bond acceptors (Lipinski definition) is 5. The van der Waals surface area contributed by atoms with E-state index in [-0.39, 0.29) is 29.6 Å². The molecule has 188 valence electrons. The fourth-order valence-corrected chi connectivity index (χ4v) is 4.02. The third kappa shape index (κ3) is 7.32. The van der Waals surface area contributed by atoms with E-state index in [2.05, 4.69) is 16.0 Å². The highest BCUT2D eigenvalue weighted by Gasteiger charge is 2.33. The Bertz CT molecular complexity index is 897. The van der Waals surface area contributed by atoms with E-state index in [1.54, 1.807) is 19.4 Å². The molecule has 2 bridgehead atoms. The summed E-state index contributed by atoms with van der Waals surface area (Å²) >= 11 is 0. The third-order valence-corrected chi connectivity index (χ3v) is 6.28. The van der Waals surface area contributed by atoms with E-state index in [1.165, 1.54) is 0 Å². The molecular weight excluding hydrogens is 432 g/mol. The first-order valence-electron chi connectivity index (χ1n) is 12.0. The van der Waals surface area contributed by atoms with Crippen molar-refractivity contribution in [2.45, 2.75) is 65.1 Å². The van der Waals surface area contributed by atoms with Crippen LogP contribution in [0.3, 0.4) is 0 Å². The average Bonchev–Trinajstić information content (AvgIpc) is 2.78. The summed E-state index contributed by atoms with van der Waals surface area (Å²) in [5.74, 6) is -0.115. The smallest absolute Gasteiger partial charge is 0.246 e. The van der Waals surface area contributed by atoms with E-state index in [4.69, 9.17) is 4.74 Å². The van der Waals surface area contributed by atoms with Crippen molar-refractivity contribution in [1.82, 2.24) is 20.9 Å². The zero-order chi connectivity index (χ0) is 25.4. The molecule has 1 aliphatic rings. The number of ether oxygens (including phenoxy) is 1. The minimum Gasteiger partial charge on any atom is -0.496 e. The van der Waals surface area contributed by atoms with Crippen molar-refractivity contribution in [2.24, 2.45) is 11.8 Å². The highest BCUT2D eigenvalue weighted by molar-refractivity contribution is 5.93. The first-order valence-corrected chi connectivity index (χ1v) is 12.0. The molecule has 3 N–H and O–H groups in total. The van der Waals surface area contributed by atoms with Gasteiger partial charge in [0.05, 0.1) is 13.2 Å². The van der Waals surface area contributed by atoms with Gasteiger partial charge in [0.25, 0.3) is 0 Å². The van der Waals surface area contributed by atoms with E-state index in [0.717, 1.165) is 11.1 Å². The van der Waals surface area contributed by atoms with Crippen molar-refractivity contribution in [3.8, 4) is 5.75 Å². The average molecular weight is 473 g/mol. The van der Waals surface area contributed by atoms with Crippen molar-refractivity contribution in [3.05, 3.63) is 35.5 Å². The molecule has 3 amide bonds. The summed E-state index contributed by atoms with van der Waals surface area (Å²) in [6.45, 7) is 7.90. The second kappa shape index (κ2) is 12.6. The standard InChI is InChI=1S/C26H40N4O4/c1-8-17(4)23-26(33)28-20(13-16(2)3)24(31)27-12-11-18-9-10-22(34-7)19(14-18)15-21(30(5)6)25(32)29-23/h9-12,14,16-17,20-21,23H,8,13,15H2,1-7H3,(H,27,31)(H,28,33)(H,29,32)/t17-,20+,21-,23-/m0/s1. The van der Waals surface area contributed by atoms with Crippen molar-refractivity contribution in [1.29, 1.82) is 0 Å². The molecule has 0 saturated carbocycles. The van der Waals surface area contributed by atoms with Gasteiger partial charge in [-0.05, 0) is 61.7 Å². The number of nitrogens with one attached hydrogen (secondary N) is 3. The Balaban J connectivity index is 2.54. The molecule has 34 heavy (non-hydrogen) atoms. The molecule has 0 saturated heterocycles. The van der Waals surface area contributed by atoms with Gasteiger partial charge in [-0.15, -0.1) is 0 Å². The minimum atomic E-state index is -0.753. The van der Waals surface area contributed by atoms with Crippen LogP contribution in [0.4, 0.5) is 0 Å². The maximum atomic E-state index is 13.4. The molecular formula is C26H40N4O4. The van der Waals surface area contributed by atoms with Gasteiger partial charge in [0.2, 0.25) is 17.7 Å². The maximum absolute atomic E-state index is 13.4. The minimum absolute atomic E-state index is 0.108. The van der Waals surface area contributed by atoms with Crippen LogP contribution in [-0.2, 0) is 20.8 Å². The number of nitrogens with zero attached hydrogens (tertiary/aromatic N) is 1. The first kappa shape index (κ1) is 27.4. The lowest BCUT2D eigenvalue weighted by atomic mass is 9.95. The van der Waals surface area contributed by atoms with Crippen molar-refractivity contribution >= 4 is 23.8 Å². The maximum Gasteiger partial charge on any atom is 0.246 e. The molecule has 0 aliphatic carbocycles. The summed E-state index contributed by atoms with van der Waals surface area (Å²) in [4.78, 5) is 41.5. The summed E-state index contributed by atoms with van der Waals surface area (Å²) in [5, 5.41) is 8.66. The first-order chi connectivity index (χ1) is 16.1.